The van der Waals surface area contributed by atoms with E-state index in [2.05, 4.69) is 55.4 Å². The molecule has 0 spiro atoms. The highest BCUT2D eigenvalue weighted by Gasteiger charge is 2.71. The van der Waals surface area contributed by atoms with Gasteiger partial charge < -0.3 is 0 Å². The number of hydrogen-bond acceptors (Lipinski definition) is 2. The molecule has 0 amide bonds. The van der Waals surface area contributed by atoms with E-state index in [-0.39, 0.29) is 27.6 Å². The van der Waals surface area contributed by atoms with E-state index in [0.717, 1.165) is 25.7 Å². The zero-order valence-electron chi connectivity index (χ0n) is 22.2. The van der Waals surface area contributed by atoms with Crippen LogP contribution >= 0.6 is 0 Å². The molecule has 32 heavy (non-hydrogen) atoms. The number of ketones is 2. The van der Waals surface area contributed by atoms with E-state index in [9.17, 15) is 9.59 Å². The number of fused-ring (bicyclic) bond motifs is 7. The van der Waals surface area contributed by atoms with Crippen LogP contribution in [0, 0.1) is 56.2 Å². The molecule has 0 heterocycles. The predicted octanol–water partition coefficient (Wildman–Crippen LogP) is 7.64. The topological polar surface area (TPSA) is 34.1 Å². The summed E-state index contributed by atoms with van der Waals surface area (Å²) >= 11 is 0. The average Bonchev–Trinajstić information content (AvgIpc) is 2.69. The Morgan fingerprint density at radius 1 is 0.594 bits per heavy atom. The Balaban J connectivity index is 1.54. The minimum Gasteiger partial charge on any atom is -0.299 e. The molecular formula is C30H48O2. The first-order chi connectivity index (χ1) is 14.6. The van der Waals surface area contributed by atoms with Crippen LogP contribution in [0.2, 0.25) is 0 Å². The van der Waals surface area contributed by atoms with Crippen molar-refractivity contribution in [3.05, 3.63) is 0 Å². The summed E-state index contributed by atoms with van der Waals surface area (Å²) in [6.07, 6.45) is 11.5. The van der Waals surface area contributed by atoms with Gasteiger partial charge in [0.1, 0.15) is 11.6 Å². The van der Waals surface area contributed by atoms with Gasteiger partial charge in [-0.15, -0.1) is 0 Å². The summed E-state index contributed by atoms with van der Waals surface area (Å²) in [4.78, 5) is 26.4. The Morgan fingerprint density at radius 3 is 1.78 bits per heavy atom. The second kappa shape index (κ2) is 6.51. The van der Waals surface area contributed by atoms with Crippen molar-refractivity contribution >= 4 is 11.6 Å². The summed E-state index contributed by atoms with van der Waals surface area (Å²) in [6, 6.07) is 0. The summed E-state index contributed by atoms with van der Waals surface area (Å²) < 4.78 is 0. The van der Waals surface area contributed by atoms with Crippen molar-refractivity contribution in [1.82, 2.24) is 0 Å². The van der Waals surface area contributed by atoms with Crippen molar-refractivity contribution in [2.45, 2.75) is 120 Å². The quantitative estimate of drug-likeness (QED) is 0.388. The molecule has 5 fully saturated rings. The van der Waals surface area contributed by atoms with Gasteiger partial charge in [0.05, 0.1) is 0 Å². The maximum Gasteiger partial charge on any atom is 0.142 e. The molecule has 2 nitrogen and oxygen atoms in total. The van der Waals surface area contributed by atoms with Crippen LogP contribution in [0.3, 0.4) is 0 Å². The Bertz CT molecular complexity index is 853. The molecule has 8 atom stereocenters. The van der Waals surface area contributed by atoms with Gasteiger partial charge in [-0.1, -0.05) is 55.4 Å². The van der Waals surface area contributed by atoms with Crippen LogP contribution in [0.15, 0.2) is 0 Å². The van der Waals surface area contributed by atoms with Crippen molar-refractivity contribution < 1.29 is 9.59 Å². The van der Waals surface area contributed by atoms with E-state index in [1.165, 1.54) is 38.5 Å². The molecule has 5 aliphatic carbocycles. The number of hydrogen-bond donors (Lipinski definition) is 0. The van der Waals surface area contributed by atoms with E-state index in [1.807, 2.05) is 0 Å². The van der Waals surface area contributed by atoms with Crippen LogP contribution in [0.4, 0.5) is 0 Å². The smallest absolute Gasteiger partial charge is 0.142 e. The number of carbonyl (C=O) groups excluding carboxylic acids is 2. The Hall–Kier alpha value is -0.660. The average molecular weight is 441 g/mol. The SMILES string of the molecule is CC1(C)CCC2(C)C(CCC3(C)C2CCC2C4(C)CCC(=O)C(C)(C)C4CCC23C)C1=O. The van der Waals surface area contributed by atoms with Crippen molar-refractivity contribution in [1.29, 1.82) is 0 Å². The van der Waals surface area contributed by atoms with Crippen LogP contribution < -0.4 is 0 Å². The maximum atomic E-state index is 13.5. The number of carbonyl (C=O) groups is 2. The zero-order chi connectivity index (χ0) is 23.5. The highest BCUT2D eigenvalue weighted by Crippen LogP contribution is 2.77. The number of rotatable bonds is 0. The van der Waals surface area contributed by atoms with Gasteiger partial charge in [-0.05, 0) is 97.2 Å². The lowest BCUT2D eigenvalue weighted by molar-refractivity contribution is -0.244. The lowest BCUT2D eigenvalue weighted by atomic mass is 9.31. The Kier molecular flexibility index (Phi) is 4.70. The third kappa shape index (κ3) is 2.54. The maximum absolute atomic E-state index is 13.5. The van der Waals surface area contributed by atoms with Crippen LogP contribution in [-0.4, -0.2) is 11.6 Å². The minimum absolute atomic E-state index is 0.134. The highest BCUT2D eigenvalue weighted by molar-refractivity contribution is 5.88. The van der Waals surface area contributed by atoms with Gasteiger partial charge in [0, 0.05) is 23.2 Å². The lowest BCUT2D eigenvalue weighted by Gasteiger charge is -2.73. The van der Waals surface area contributed by atoms with Gasteiger partial charge in [-0.25, -0.2) is 0 Å². The molecular weight excluding hydrogens is 392 g/mol. The first kappa shape index (κ1) is 23.1. The monoisotopic (exact) mass is 440 g/mol. The normalized spacial score (nSPS) is 54.1. The third-order valence-electron chi connectivity index (χ3n) is 13.4. The van der Waals surface area contributed by atoms with Crippen LogP contribution in [-0.2, 0) is 9.59 Å². The molecule has 0 N–H and O–H groups in total. The summed E-state index contributed by atoms with van der Waals surface area (Å²) in [5.74, 6) is 3.22. The Morgan fingerprint density at radius 2 is 1.16 bits per heavy atom. The molecule has 0 radical (unpaired) electrons. The summed E-state index contributed by atoms with van der Waals surface area (Å²) in [7, 11) is 0. The van der Waals surface area contributed by atoms with E-state index in [4.69, 9.17) is 0 Å². The molecule has 5 rings (SSSR count). The molecule has 0 aromatic heterocycles. The standard InChI is InChI=1S/C30H48O2/c1-25(2)17-18-27(5)19(24(25)32)11-15-29(7)21(27)9-10-22-28(6)14-13-23(31)26(3,4)20(28)12-16-30(22,29)8/h19-22H,9-18H2,1-8H3. The van der Waals surface area contributed by atoms with E-state index in [1.54, 1.807) is 0 Å². The molecule has 0 aromatic carbocycles. The molecule has 5 saturated carbocycles. The third-order valence-corrected chi connectivity index (χ3v) is 13.4. The fourth-order valence-corrected chi connectivity index (χ4v) is 11.2. The van der Waals surface area contributed by atoms with E-state index < -0.39 is 0 Å². The van der Waals surface area contributed by atoms with Gasteiger partial charge in [-0.3, -0.25) is 9.59 Å². The fourth-order valence-electron chi connectivity index (χ4n) is 11.2. The fraction of sp³-hybridized carbons (Fsp3) is 0.933. The van der Waals surface area contributed by atoms with Gasteiger partial charge in [0.2, 0.25) is 0 Å². The van der Waals surface area contributed by atoms with Crippen molar-refractivity contribution in [3.8, 4) is 0 Å². The minimum atomic E-state index is -0.170. The lowest BCUT2D eigenvalue weighted by Crippen LogP contribution is -2.68. The molecule has 0 bridgehead atoms. The molecule has 0 aliphatic heterocycles. The molecule has 0 saturated heterocycles. The van der Waals surface area contributed by atoms with Crippen LogP contribution in [0.5, 0.6) is 0 Å². The molecule has 0 aromatic rings. The van der Waals surface area contributed by atoms with Gasteiger partial charge in [0.25, 0.3) is 0 Å². The largest absolute Gasteiger partial charge is 0.299 e. The van der Waals surface area contributed by atoms with Crippen LogP contribution in [0.25, 0.3) is 0 Å². The first-order valence-corrected chi connectivity index (χ1v) is 13.7. The zero-order valence-corrected chi connectivity index (χ0v) is 22.2. The van der Waals surface area contributed by atoms with Crippen LogP contribution in [0.1, 0.15) is 120 Å². The highest BCUT2D eigenvalue weighted by atomic mass is 16.1. The van der Waals surface area contributed by atoms with E-state index in [0.29, 0.717) is 40.2 Å². The van der Waals surface area contributed by atoms with Gasteiger partial charge >= 0.3 is 0 Å². The van der Waals surface area contributed by atoms with Gasteiger partial charge in [0.15, 0.2) is 0 Å². The van der Waals surface area contributed by atoms with Crippen molar-refractivity contribution in [3.63, 3.8) is 0 Å². The summed E-state index contributed by atoms with van der Waals surface area (Å²) in [5, 5.41) is 0. The second-order valence-electron chi connectivity index (χ2n) is 15.1. The molecule has 5 aliphatic rings. The summed E-state index contributed by atoms with van der Waals surface area (Å²) in [5.41, 5.74) is 0.777. The molecule has 180 valence electrons. The van der Waals surface area contributed by atoms with Crippen molar-refractivity contribution in [2.24, 2.45) is 56.2 Å². The number of Topliss-reactive ketones (excluding diaryl/α,β-unsaturated/α-hetero) is 2. The Labute approximate surface area is 197 Å². The predicted molar refractivity (Wildman–Crippen MR) is 130 cm³/mol. The van der Waals surface area contributed by atoms with Gasteiger partial charge in [-0.2, -0.15) is 0 Å². The molecule has 2 heteroatoms. The first-order valence-electron chi connectivity index (χ1n) is 13.7. The molecule has 8 unspecified atom stereocenters. The van der Waals surface area contributed by atoms with E-state index >= 15 is 0 Å². The second-order valence-corrected chi connectivity index (χ2v) is 15.1. The van der Waals surface area contributed by atoms with Crippen molar-refractivity contribution in [2.75, 3.05) is 0 Å². The summed E-state index contributed by atoms with van der Waals surface area (Å²) in [6.45, 7) is 19.2.